The summed E-state index contributed by atoms with van der Waals surface area (Å²) >= 11 is 0. The van der Waals surface area contributed by atoms with E-state index < -0.39 is 5.91 Å². The molecular formula is C25H27N3O2. The molecule has 1 aliphatic rings. The Labute approximate surface area is 177 Å². The van der Waals surface area contributed by atoms with Crippen LogP contribution in [0.1, 0.15) is 40.2 Å². The molecule has 30 heavy (non-hydrogen) atoms. The zero-order valence-electron chi connectivity index (χ0n) is 17.3. The van der Waals surface area contributed by atoms with Crippen LogP contribution in [0.5, 0.6) is 5.75 Å². The number of primary amides is 1. The minimum atomic E-state index is -0.402. The van der Waals surface area contributed by atoms with Crippen molar-refractivity contribution in [1.82, 2.24) is 9.88 Å². The number of likely N-dealkylation sites (tertiary alicyclic amines) is 1. The maximum absolute atomic E-state index is 12.3. The van der Waals surface area contributed by atoms with Crippen molar-refractivity contribution in [1.29, 1.82) is 0 Å². The summed E-state index contributed by atoms with van der Waals surface area (Å²) in [6.45, 7) is 3.00. The number of hydrogen-bond acceptors (Lipinski definition) is 4. The topological polar surface area (TPSA) is 68.4 Å². The van der Waals surface area contributed by atoms with E-state index in [2.05, 4.69) is 28.1 Å². The fourth-order valence-electron chi connectivity index (χ4n) is 4.26. The first-order valence-electron chi connectivity index (χ1n) is 10.4. The standard InChI is InChI=1S/C25H27N3O2/c1-30-21-6-4-5-20(15-21)24(17-28-13-2-3-14-28)23-16-19(7-8-22(23)25(26)29)18-9-11-27-12-10-18/h4-12,15-16,24H,2-3,13-14,17H2,1H3,(H2,26,29)/t24-/m1/s1. The Morgan fingerprint density at radius 1 is 1.07 bits per heavy atom. The minimum Gasteiger partial charge on any atom is -0.497 e. The van der Waals surface area contributed by atoms with Crippen molar-refractivity contribution >= 4 is 5.91 Å². The van der Waals surface area contributed by atoms with Crippen LogP contribution in [-0.4, -0.2) is 42.5 Å². The number of aromatic nitrogens is 1. The van der Waals surface area contributed by atoms with Gasteiger partial charge in [-0.25, -0.2) is 0 Å². The molecule has 5 nitrogen and oxygen atoms in total. The first-order chi connectivity index (χ1) is 14.7. The van der Waals surface area contributed by atoms with E-state index in [1.165, 1.54) is 12.8 Å². The van der Waals surface area contributed by atoms with Crippen LogP contribution in [0.25, 0.3) is 11.1 Å². The molecule has 0 saturated carbocycles. The summed E-state index contributed by atoms with van der Waals surface area (Å²) in [5.41, 5.74) is 10.6. The van der Waals surface area contributed by atoms with Gasteiger partial charge in [0.1, 0.15) is 5.75 Å². The Kier molecular flexibility index (Phi) is 6.10. The van der Waals surface area contributed by atoms with Gasteiger partial charge in [-0.1, -0.05) is 18.2 Å². The Bertz CT molecular complexity index is 1010. The molecular weight excluding hydrogens is 374 g/mol. The van der Waals surface area contributed by atoms with Crippen molar-refractivity contribution in [2.24, 2.45) is 5.73 Å². The quantitative estimate of drug-likeness (QED) is 0.648. The minimum absolute atomic E-state index is 0.0162. The Morgan fingerprint density at radius 3 is 2.53 bits per heavy atom. The summed E-state index contributed by atoms with van der Waals surface area (Å²) in [5, 5.41) is 0. The van der Waals surface area contributed by atoms with E-state index in [9.17, 15) is 4.79 Å². The molecule has 154 valence electrons. The Hall–Kier alpha value is -3.18. The molecule has 0 aliphatic carbocycles. The third-order valence-electron chi connectivity index (χ3n) is 5.84. The molecule has 2 N–H and O–H groups in total. The molecule has 0 radical (unpaired) electrons. The monoisotopic (exact) mass is 401 g/mol. The highest BCUT2D eigenvalue weighted by Gasteiger charge is 2.25. The number of carbonyl (C=O) groups excluding carboxylic acids is 1. The van der Waals surface area contributed by atoms with E-state index in [1.54, 1.807) is 19.5 Å². The number of carbonyl (C=O) groups is 1. The molecule has 1 atom stereocenters. The van der Waals surface area contributed by atoms with E-state index >= 15 is 0 Å². The van der Waals surface area contributed by atoms with Gasteiger partial charge in [0.25, 0.3) is 0 Å². The van der Waals surface area contributed by atoms with E-state index in [0.29, 0.717) is 5.56 Å². The highest BCUT2D eigenvalue weighted by atomic mass is 16.5. The molecule has 4 rings (SSSR count). The third-order valence-corrected chi connectivity index (χ3v) is 5.84. The zero-order valence-corrected chi connectivity index (χ0v) is 17.3. The molecule has 1 saturated heterocycles. The van der Waals surface area contributed by atoms with Gasteiger partial charge in [-0.05, 0) is 84.6 Å². The largest absolute Gasteiger partial charge is 0.497 e. The van der Waals surface area contributed by atoms with Gasteiger partial charge in [-0.15, -0.1) is 0 Å². The van der Waals surface area contributed by atoms with Gasteiger partial charge in [0, 0.05) is 30.4 Å². The maximum Gasteiger partial charge on any atom is 0.249 e. The molecule has 1 amide bonds. The van der Waals surface area contributed by atoms with Gasteiger partial charge in [-0.3, -0.25) is 9.78 Å². The van der Waals surface area contributed by atoms with Gasteiger partial charge in [0.2, 0.25) is 5.91 Å². The molecule has 2 heterocycles. The molecule has 5 heteroatoms. The molecule has 0 unspecified atom stereocenters. The van der Waals surface area contributed by atoms with Crippen molar-refractivity contribution in [2.45, 2.75) is 18.8 Å². The first kappa shape index (κ1) is 20.1. The first-order valence-corrected chi connectivity index (χ1v) is 10.4. The lowest BCUT2D eigenvalue weighted by molar-refractivity contribution is 0.0999. The van der Waals surface area contributed by atoms with Crippen molar-refractivity contribution in [3.05, 3.63) is 83.7 Å². The Balaban J connectivity index is 1.84. The van der Waals surface area contributed by atoms with Gasteiger partial charge in [-0.2, -0.15) is 0 Å². The van der Waals surface area contributed by atoms with Crippen molar-refractivity contribution < 1.29 is 9.53 Å². The summed E-state index contributed by atoms with van der Waals surface area (Å²) < 4.78 is 5.47. The summed E-state index contributed by atoms with van der Waals surface area (Å²) in [5.74, 6) is 0.424. The lowest BCUT2D eigenvalue weighted by Crippen LogP contribution is -2.28. The summed E-state index contributed by atoms with van der Waals surface area (Å²) in [7, 11) is 1.67. The Morgan fingerprint density at radius 2 is 1.83 bits per heavy atom. The smallest absolute Gasteiger partial charge is 0.249 e. The molecule has 2 aromatic carbocycles. The van der Waals surface area contributed by atoms with Gasteiger partial charge in [0.15, 0.2) is 0 Å². The van der Waals surface area contributed by atoms with Crippen LogP contribution in [-0.2, 0) is 0 Å². The molecule has 0 bridgehead atoms. The molecule has 0 spiro atoms. The average molecular weight is 402 g/mol. The van der Waals surface area contributed by atoms with Crippen LogP contribution >= 0.6 is 0 Å². The van der Waals surface area contributed by atoms with Crippen LogP contribution in [0.3, 0.4) is 0 Å². The van der Waals surface area contributed by atoms with E-state index in [-0.39, 0.29) is 5.92 Å². The highest BCUT2D eigenvalue weighted by Crippen LogP contribution is 2.34. The molecule has 1 fully saturated rings. The fourth-order valence-corrected chi connectivity index (χ4v) is 4.26. The predicted molar refractivity (Wildman–Crippen MR) is 119 cm³/mol. The van der Waals surface area contributed by atoms with Crippen LogP contribution in [0.2, 0.25) is 0 Å². The van der Waals surface area contributed by atoms with E-state index in [4.69, 9.17) is 10.5 Å². The number of amides is 1. The summed E-state index contributed by atoms with van der Waals surface area (Å²) in [6, 6.07) is 18.0. The van der Waals surface area contributed by atoms with Gasteiger partial charge < -0.3 is 15.4 Å². The number of nitrogens with two attached hydrogens (primary N) is 1. The highest BCUT2D eigenvalue weighted by molar-refractivity contribution is 5.95. The number of hydrogen-bond donors (Lipinski definition) is 1. The van der Waals surface area contributed by atoms with Gasteiger partial charge in [0.05, 0.1) is 7.11 Å². The second-order valence-electron chi connectivity index (χ2n) is 7.74. The number of pyridine rings is 1. The van der Waals surface area contributed by atoms with Gasteiger partial charge >= 0.3 is 0 Å². The predicted octanol–water partition coefficient (Wildman–Crippen LogP) is 4.08. The fraction of sp³-hybridized carbons (Fsp3) is 0.280. The van der Waals surface area contributed by atoms with Crippen LogP contribution < -0.4 is 10.5 Å². The molecule has 1 aromatic heterocycles. The SMILES string of the molecule is COc1cccc([C@@H](CN2CCCC2)c2cc(-c3ccncc3)ccc2C(N)=O)c1. The molecule has 1 aliphatic heterocycles. The third kappa shape index (κ3) is 4.36. The second-order valence-corrected chi connectivity index (χ2v) is 7.74. The average Bonchev–Trinajstić information content (AvgIpc) is 3.31. The lowest BCUT2D eigenvalue weighted by Gasteiger charge is -2.26. The number of methoxy groups -OCH3 is 1. The zero-order chi connectivity index (χ0) is 20.9. The second kappa shape index (κ2) is 9.09. The van der Waals surface area contributed by atoms with Crippen LogP contribution in [0.15, 0.2) is 67.0 Å². The summed E-state index contributed by atoms with van der Waals surface area (Å²) in [6.07, 6.45) is 5.98. The van der Waals surface area contributed by atoms with Crippen molar-refractivity contribution in [2.75, 3.05) is 26.7 Å². The van der Waals surface area contributed by atoms with Crippen LogP contribution in [0.4, 0.5) is 0 Å². The normalized spacial score (nSPS) is 15.1. The number of ether oxygens (including phenoxy) is 1. The maximum atomic E-state index is 12.3. The lowest BCUT2D eigenvalue weighted by atomic mass is 9.85. The number of rotatable bonds is 7. The van der Waals surface area contributed by atoms with Crippen LogP contribution in [0, 0.1) is 0 Å². The van der Waals surface area contributed by atoms with E-state index in [0.717, 1.165) is 47.6 Å². The van der Waals surface area contributed by atoms with Crippen molar-refractivity contribution in [3.63, 3.8) is 0 Å². The van der Waals surface area contributed by atoms with Crippen molar-refractivity contribution in [3.8, 4) is 16.9 Å². The number of benzene rings is 2. The number of nitrogens with zero attached hydrogens (tertiary/aromatic N) is 2. The molecule has 3 aromatic rings. The van der Waals surface area contributed by atoms with E-state index in [1.807, 2.05) is 36.4 Å². The summed E-state index contributed by atoms with van der Waals surface area (Å²) in [4.78, 5) is 18.9.